The van der Waals surface area contributed by atoms with Crippen LogP contribution in [0.1, 0.15) is 30.7 Å². The largest absolute Gasteiger partial charge is 0.323 e. The van der Waals surface area contributed by atoms with Crippen molar-refractivity contribution in [3.63, 3.8) is 0 Å². The fraction of sp³-hybridized carbons (Fsp3) is 0.476. The van der Waals surface area contributed by atoms with Crippen LogP contribution in [0.3, 0.4) is 0 Å². The van der Waals surface area contributed by atoms with E-state index in [1.165, 1.54) is 11.3 Å². The number of alkyl halides is 1. The number of hydrogen-bond donors (Lipinski definition) is 2. The number of anilines is 1. The molecule has 3 aromatic rings. The number of aryl methyl sites for hydroxylation is 1. The molecule has 2 aliphatic heterocycles. The lowest BCUT2D eigenvalue weighted by Gasteiger charge is -2.39. The fourth-order valence-electron chi connectivity index (χ4n) is 4.74. The third-order valence-corrected chi connectivity index (χ3v) is 6.96. The Morgan fingerprint density at radius 3 is 2.71 bits per heavy atom. The van der Waals surface area contributed by atoms with Crippen LogP contribution in [0.5, 0.6) is 0 Å². The first-order chi connectivity index (χ1) is 15.1. The Bertz CT molecular complexity index is 1090. The van der Waals surface area contributed by atoms with Gasteiger partial charge in [0.1, 0.15) is 22.5 Å². The van der Waals surface area contributed by atoms with Gasteiger partial charge in [0, 0.05) is 41.8 Å². The standard InChI is InChI=1S/C21H24FN7OS/c1-12-27-28-20(31-12)14-6-13-7-19(25-11-18(13)24-10-14)26-21(30)29-16-2-3-17(29)9-15(8-16)23-5-4-22/h6-7,10-11,15-17,23H,2-5,8-9H2,1H3,(H,25,26,30)/t15-,16+,17?/m1/s1. The van der Waals surface area contributed by atoms with Crippen LogP contribution < -0.4 is 10.6 Å². The quantitative estimate of drug-likeness (QED) is 0.629. The van der Waals surface area contributed by atoms with E-state index in [0.717, 1.165) is 52.2 Å². The number of rotatable bonds is 5. The van der Waals surface area contributed by atoms with Crippen LogP contribution in [0, 0.1) is 6.92 Å². The molecule has 3 aromatic heterocycles. The molecule has 0 aromatic carbocycles. The highest BCUT2D eigenvalue weighted by atomic mass is 32.1. The predicted octanol–water partition coefficient (Wildman–Crippen LogP) is 3.54. The van der Waals surface area contributed by atoms with E-state index in [-0.39, 0.29) is 30.8 Å². The van der Waals surface area contributed by atoms with Crippen molar-refractivity contribution in [2.75, 3.05) is 18.5 Å². The monoisotopic (exact) mass is 441 g/mol. The average molecular weight is 442 g/mol. The zero-order valence-corrected chi connectivity index (χ0v) is 18.0. The summed E-state index contributed by atoms with van der Waals surface area (Å²) in [5.41, 5.74) is 1.64. The van der Waals surface area contributed by atoms with Crippen molar-refractivity contribution in [1.82, 2.24) is 30.4 Å². The van der Waals surface area contributed by atoms with Crippen LogP contribution in [-0.2, 0) is 0 Å². The van der Waals surface area contributed by atoms with Crippen LogP contribution in [0.15, 0.2) is 24.5 Å². The smallest absolute Gasteiger partial charge is 0.318 e. The van der Waals surface area contributed by atoms with E-state index in [0.29, 0.717) is 12.4 Å². The lowest BCUT2D eigenvalue weighted by Crippen LogP contribution is -2.53. The summed E-state index contributed by atoms with van der Waals surface area (Å²) in [6.07, 6.45) is 7.15. The van der Waals surface area contributed by atoms with Crippen LogP contribution in [0.25, 0.3) is 21.5 Å². The Morgan fingerprint density at radius 2 is 2.00 bits per heavy atom. The zero-order valence-electron chi connectivity index (χ0n) is 17.2. The number of pyridine rings is 2. The van der Waals surface area contributed by atoms with Crippen molar-refractivity contribution in [1.29, 1.82) is 0 Å². The molecule has 0 radical (unpaired) electrons. The Morgan fingerprint density at radius 1 is 1.19 bits per heavy atom. The summed E-state index contributed by atoms with van der Waals surface area (Å²) in [6, 6.07) is 4.37. The molecule has 2 N–H and O–H groups in total. The van der Waals surface area contributed by atoms with Gasteiger partial charge in [-0.3, -0.25) is 10.3 Å². The van der Waals surface area contributed by atoms with E-state index in [2.05, 4.69) is 30.8 Å². The highest BCUT2D eigenvalue weighted by molar-refractivity contribution is 7.14. The molecule has 2 saturated heterocycles. The molecule has 1 unspecified atom stereocenters. The Kier molecular flexibility index (Phi) is 5.49. The molecule has 0 aliphatic carbocycles. The molecular formula is C21H24FN7OS. The second-order valence-corrected chi connectivity index (χ2v) is 9.33. The number of nitrogens with zero attached hydrogens (tertiary/aromatic N) is 5. The van der Waals surface area contributed by atoms with Gasteiger partial charge in [-0.1, -0.05) is 11.3 Å². The summed E-state index contributed by atoms with van der Waals surface area (Å²) in [5, 5.41) is 17.1. The first kappa shape index (κ1) is 20.2. The molecule has 2 amide bonds. The second-order valence-electron chi connectivity index (χ2n) is 8.15. The summed E-state index contributed by atoms with van der Waals surface area (Å²) < 4.78 is 12.5. The van der Waals surface area contributed by atoms with Gasteiger partial charge in [0.25, 0.3) is 0 Å². The van der Waals surface area contributed by atoms with Gasteiger partial charge in [-0.2, -0.15) is 0 Å². The Hall–Kier alpha value is -2.72. The second kappa shape index (κ2) is 8.43. The number of piperidine rings is 1. The predicted molar refractivity (Wildman–Crippen MR) is 118 cm³/mol. The van der Waals surface area contributed by atoms with Crippen molar-refractivity contribution in [2.45, 2.75) is 50.7 Å². The minimum atomic E-state index is -0.362. The summed E-state index contributed by atoms with van der Waals surface area (Å²) in [4.78, 5) is 23.8. The number of aromatic nitrogens is 4. The fourth-order valence-corrected chi connectivity index (χ4v) is 5.41. The van der Waals surface area contributed by atoms with Crippen LogP contribution >= 0.6 is 11.3 Å². The molecule has 162 valence electrons. The van der Waals surface area contributed by atoms with Crippen molar-refractivity contribution in [2.24, 2.45) is 0 Å². The number of fused-ring (bicyclic) bond motifs is 3. The molecule has 2 aliphatic rings. The molecule has 0 saturated carbocycles. The lowest BCUT2D eigenvalue weighted by molar-refractivity contribution is 0.141. The molecular weight excluding hydrogens is 417 g/mol. The Labute approximate surface area is 183 Å². The zero-order chi connectivity index (χ0) is 21.4. The van der Waals surface area contributed by atoms with Gasteiger partial charge >= 0.3 is 6.03 Å². The van der Waals surface area contributed by atoms with Crippen molar-refractivity contribution >= 4 is 34.1 Å². The SMILES string of the molecule is Cc1nnc(-c2cnc3cnc(NC(=O)N4C5CC[C@H]4C[C@@H](NCCF)C5)cc3c2)s1. The maximum atomic E-state index is 13.0. The van der Waals surface area contributed by atoms with Crippen LogP contribution in [0.2, 0.25) is 0 Å². The van der Waals surface area contributed by atoms with Gasteiger partial charge in [-0.15, -0.1) is 10.2 Å². The number of urea groups is 1. The van der Waals surface area contributed by atoms with Gasteiger partial charge in [0.2, 0.25) is 0 Å². The van der Waals surface area contributed by atoms with E-state index in [1.807, 2.05) is 24.0 Å². The molecule has 5 rings (SSSR count). The number of hydrogen-bond acceptors (Lipinski definition) is 7. The summed E-state index contributed by atoms with van der Waals surface area (Å²) in [7, 11) is 0. The minimum absolute atomic E-state index is 0.118. The van der Waals surface area contributed by atoms with Gasteiger partial charge in [0.05, 0.1) is 11.7 Å². The van der Waals surface area contributed by atoms with E-state index in [9.17, 15) is 9.18 Å². The number of carbonyl (C=O) groups is 1. The van der Waals surface area contributed by atoms with Gasteiger partial charge in [0.15, 0.2) is 0 Å². The molecule has 3 atom stereocenters. The van der Waals surface area contributed by atoms with Gasteiger partial charge in [-0.05, 0) is 44.7 Å². The number of carbonyl (C=O) groups excluding carboxylic acids is 1. The lowest BCUT2D eigenvalue weighted by atomic mass is 9.97. The van der Waals surface area contributed by atoms with E-state index < -0.39 is 0 Å². The van der Waals surface area contributed by atoms with E-state index in [1.54, 1.807) is 12.4 Å². The topological polar surface area (TPSA) is 95.9 Å². The van der Waals surface area contributed by atoms with Crippen LogP contribution in [-0.4, -0.2) is 62.4 Å². The van der Waals surface area contributed by atoms with E-state index >= 15 is 0 Å². The van der Waals surface area contributed by atoms with Crippen LogP contribution in [0.4, 0.5) is 15.0 Å². The molecule has 31 heavy (non-hydrogen) atoms. The highest BCUT2D eigenvalue weighted by Gasteiger charge is 2.43. The third kappa shape index (κ3) is 4.09. The molecule has 0 spiro atoms. The van der Waals surface area contributed by atoms with Gasteiger partial charge in [-0.25, -0.2) is 14.2 Å². The molecule has 2 bridgehead atoms. The number of halogens is 1. The highest BCUT2D eigenvalue weighted by Crippen LogP contribution is 2.36. The van der Waals surface area contributed by atoms with Crippen molar-refractivity contribution in [3.8, 4) is 10.6 Å². The molecule has 5 heterocycles. The van der Waals surface area contributed by atoms with Crippen molar-refractivity contribution in [3.05, 3.63) is 29.5 Å². The normalized spacial score (nSPS) is 22.8. The average Bonchev–Trinajstić information content (AvgIpc) is 3.32. The minimum Gasteiger partial charge on any atom is -0.318 e. The summed E-state index contributed by atoms with van der Waals surface area (Å²) >= 11 is 1.52. The van der Waals surface area contributed by atoms with Crippen molar-refractivity contribution < 1.29 is 9.18 Å². The maximum absolute atomic E-state index is 13.0. The van der Waals surface area contributed by atoms with Gasteiger partial charge < -0.3 is 10.2 Å². The maximum Gasteiger partial charge on any atom is 0.323 e. The number of amides is 2. The first-order valence-corrected chi connectivity index (χ1v) is 11.4. The third-order valence-electron chi connectivity index (χ3n) is 6.07. The van der Waals surface area contributed by atoms with E-state index in [4.69, 9.17) is 0 Å². The summed E-state index contributed by atoms with van der Waals surface area (Å²) in [5.74, 6) is 0.502. The molecule has 10 heteroatoms. The first-order valence-electron chi connectivity index (χ1n) is 10.6. The number of nitrogens with one attached hydrogen (secondary N) is 2. The summed E-state index contributed by atoms with van der Waals surface area (Å²) in [6.45, 7) is 1.93. The molecule has 2 fully saturated rings. The Balaban J connectivity index is 1.31. The molecule has 8 nitrogen and oxygen atoms in total.